The highest BCUT2D eigenvalue weighted by Crippen LogP contribution is 2.22. The summed E-state index contributed by atoms with van der Waals surface area (Å²) >= 11 is 0. The first-order valence-electron chi connectivity index (χ1n) is 8.36. The van der Waals surface area contributed by atoms with Gasteiger partial charge < -0.3 is 4.90 Å². The van der Waals surface area contributed by atoms with Crippen LogP contribution in [-0.2, 0) is 14.8 Å². The molecule has 128 valence electrons. The first kappa shape index (κ1) is 17.7. The van der Waals surface area contributed by atoms with E-state index in [1.807, 2.05) is 4.90 Å². The Labute approximate surface area is 134 Å². The molecule has 0 aromatic carbocycles. The van der Waals surface area contributed by atoms with E-state index in [0.717, 1.165) is 45.3 Å². The van der Waals surface area contributed by atoms with Crippen LogP contribution in [0.2, 0.25) is 0 Å². The molecule has 0 aromatic heterocycles. The number of nitrogens with one attached hydrogen (secondary N) is 1. The monoisotopic (exact) mass is 331 g/mol. The van der Waals surface area contributed by atoms with Crippen LogP contribution in [0.25, 0.3) is 0 Å². The molecule has 2 saturated heterocycles. The van der Waals surface area contributed by atoms with Gasteiger partial charge in [0.05, 0.1) is 12.8 Å². The topological polar surface area (TPSA) is 69.7 Å². The predicted molar refractivity (Wildman–Crippen MR) is 87.0 cm³/mol. The molecule has 0 spiro atoms. The normalized spacial score (nSPS) is 27.3. The third-order valence-corrected chi connectivity index (χ3v) is 5.34. The van der Waals surface area contributed by atoms with Crippen molar-refractivity contribution in [3.63, 3.8) is 0 Å². The molecule has 2 atom stereocenters. The molecule has 2 aliphatic heterocycles. The Morgan fingerprint density at radius 1 is 1.18 bits per heavy atom. The van der Waals surface area contributed by atoms with Gasteiger partial charge in [0.1, 0.15) is 0 Å². The molecule has 7 heteroatoms. The highest BCUT2D eigenvalue weighted by molar-refractivity contribution is 7.88. The molecule has 0 radical (unpaired) electrons. The maximum Gasteiger partial charge on any atom is 0.236 e. The van der Waals surface area contributed by atoms with E-state index >= 15 is 0 Å². The summed E-state index contributed by atoms with van der Waals surface area (Å²) in [6.07, 6.45) is 6.64. The van der Waals surface area contributed by atoms with E-state index in [2.05, 4.69) is 16.5 Å². The zero-order valence-electron chi connectivity index (χ0n) is 13.8. The van der Waals surface area contributed by atoms with Crippen molar-refractivity contribution in [2.45, 2.75) is 45.1 Å². The lowest BCUT2D eigenvalue weighted by Gasteiger charge is -2.28. The maximum atomic E-state index is 12.4. The Kier molecular flexibility index (Phi) is 6.23. The van der Waals surface area contributed by atoms with Gasteiger partial charge in [0.15, 0.2) is 0 Å². The molecule has 2 rings (SSSR count). The van der Waals surface area contributed by atoms with Gasteiger partial charge in [0.2, 0.25) is 15.9 Å². The predicted octanol–water partition coefficient (Wildman–Crippen LogP) is 0.649. The van der Waals surface area contributed by atoms with Crippen LogP contribution in [0.3, 0.4) is 0 Å². The molecule has 0 saturated carbocycles. The summed E-state index contributed by atoms with van der Waals surface area (Å²) in [7, 11) is -3.20. The second-order valence-corrected chi connectivity index (χ2v) is 8.46. The minimum Gasteiger partial charge on any atom is -0.342 e. The quantitative estimate of drug-likeness (QED) is 0.776. The summed E-state index contributed by atoms with van der Waals surface area (Å²) in [5.74, 6) is 0.490. The van der Waals surface area contributed by atoms with Gasteiger partial charge in [-0.05, 0) is 31.6 Å². The Hall–Kier alpha value is -0.660. The molecule has 2 fully saturated rings. The van der Waals surface area contributed by atoms with E-state index in [1.165, 1.54) is 12.7 Å². The first-order chi connectivity index (χ1) is 10.4. The van der Waals surface area contributed by atoms with Gasteiger partial charge in [0, 0.05) is 32.2 Å². The van der Waals surface area contributed by atoms with Crippen LogP contribution in [0, 0.1) is 5.92 Å². The van der Waals surface area contributed by atoms with Gasteiger partial charge in [-0.3, -0.25) is 9.69 Å². The number of hydrogen-bond donors (Lipinski definition) is 1. The highest BCUT2D eigenvalue weighted by atomic mass is 32.2. The van der Waals surface area contributed by atoms with Crippen LogP contribution < -0.4 is 4.72 Å². The van der Waals surface area contributed by atoms with E-state index in [4.69, 9.17) is 0 Å². The fourth-order valence-electron chi connectivity index (χ4n) is 3.60. The summed E-state index contributed by atoms with van der Waals surface area (Å²) in [6.45, 7) is 5.71. The fourth-order valence-corrected chi connectivity index (χ4v) is 4.41. The summed E-state index contributed by atoms with van der Waals surface area (Å²) in [6, 6.07) is -0.0656. The molecule has 6 nitrogen and oxygen atoms in total. The zero-order chi connectivity index (χ0) is 16.2. The van der Waals surface area contributed by atoms with Crippen molar-refractivity contribution >= 4 is 15.9 Å². The largest absolute Gasteiger partial charge is 0.342 e. The lowest BCUT2D eigenvalue weighted by molar-refractivity contribution is -0.133. The molecular weight excluding hydrogens is 302 g/mol. The van der Waals surface area contributed by atoms with E-state index in [9.17, 15) is 13.2 Å². The lowest BCUT2D eigenvalue weighted by Crippen LogP contribution is -2.43. The summed E-state index contributed by atoms with van der Waals surface area (Å²) < 4.78 is 25.8. The molecule has 0 bridgehead atoms. The second kappa shape index (κ2) is 7.75. The number of piperidine rings is 1. The van der Waals surface area contributed by atoms with Crippen molar-refractivity contribution in [3.05, 3.63) is 0 Å². The van der Waals surface area contributed by atoms with Gasteiger partial charge in [-0.25, -0.2) is 13.1 Å². The first-order valence-corrected chi connectivity index (χ1v) is 10.3. The molecule has 2 aliphatic rings. The van der Waals surface area contributed by atoms with E-state index < -0.39 is 10.0 Å². The second-order valence-electron chi connectivity index (χ2n) is 6.68. The molecule has 22 heavy (non-hydrogen) atoms. The number of nitrogens with zero attached hydrogens (tertiary/aromatic N) is 2. The van der Waals surface area contributed by atoms with Crippen molar-refractivity contribution in [2.75, 3.05) is 39.0 Å². The zero-order valence-corrected chi connectivity index (χ0v) is 14.6. The molecule has 0 aliphatic carbocycles. The number of likely N-dealkylation sites (tertiary alicyclic amines) is 2. The molecule has 0 unspecified atom stereocenters. The highest BCUT2D eigenvalue weighted by Gasteiger charge is 2.35. The van der Waals surface area contributed by atoms with Crippen LogP contribution in [0.5, 0.6) is 0 Å². The Morgan fingerprint density at radius 3 is 2.45 bits per heavy atom. The minimum absolute atomic E-state index is 0.0656. The molecular formula is C15H29N3O3S. The van der Waals surface area contributed by atoms with Gasteiger partial charge in [-0.15, -0.1) is 0 Å². The van der Waals surface area contributed by atoms with E-state index in [0.29, 0.717) is 19.0 Å². The van der Waals surface area contributed by atoms with Gasteiger partial charge >= 0.3 is 0 Å². The third-order valence-electron chi connectivity index (χ3n) is 4.61. The van der Waals surface area contributed by atoms with Crippen molar-refractivity contribution in [3.8, 4) is 0 Å². The summed E-state index contributed by atoms with van der Waals surface area (Å²) in [4.78, 5) is 16.4. The number of amides is 1. The van der Waals surface area contributed by atoms with Crippen LogP contribution >= 0.6 is 0 Å². The Bertz CT molecular complexity index is 474. The summed E-state index contributed by atoms with van der Waals surface area (Å²) in [5, 5.41) is 0. The SMILES string of the molecule is CCC[C@@H]1CN(CC(=O)N2CCCCC2)C[C@H]1NS(C)(=O)=O. The Morgan fingerprint density at radius 2 is 1.86 bits per heavy atom. The number of carbonyl (C=O) groups excluding carboxylic acids is 1. The fraction of sp³-hybridized carbons (Fsp3) is 0.933. The van der Waals surface area contributed by atoms with E-state index in [-0.39, 0.29) is 11.9 Å². The van der Waals surface area contributed by atoms with Crippen molar-refractivity contribution in [1.29, 1.82) is 0 Å². The average Bonchev–Trinajstić information content (AvgIpc) is 2.80. The number of sulfonamides is 1. The van der Waals surface area contributed by atoms with Crippen molar-refractivity contribution in [2.24, 2.45) is 5.92 Å². The van der Waals surface area contributed by atoms with Crippen molar-refractivity contribution < 1.29 is 13.2 Å². The molecule has 1 N–H and O–H groups in total. The standard InChI is InChI=1S/C15H29N3O3S/c1-3-7-13-10-17(11-14(13)16-22(2,20)21)12-15(19)18-8-5-4-6-9-18/h13-14,16H,3-12H2,1-2H3/t13-,14-/m1/s1. The van der Waals surface area contributed by atoms with Gasteiger partial charge in [-0.1, -0.05) is 13.3 Å². The van der Waals surface area contributed by atoms with Crippen LogP contribution in [0.15, 0.2) is 0 Å². The number of rotatable bonds is 6. The van der Waals surface area contributed by atoms with Gasteiger partial charge in [0.25, 0.3) is 0 Å². The van der Waals surface area contributed by atoms with Crippen LogP contribution in [0.4, 0.5) is 0 Å². The van der Waals surface area contributed by atoms with Crippen LogP contribution in [-0.4, -0.2) is 69.1 Å². The summed E-state index contributed by atoms with van der Waals surface area (Å²) in [5.41, 5.74) is 0. The van der Waals surface area contributed by atoms with Crippen molar-refractivity contribution in [1.82, 2.24) is 14.5 Å². The van der Waals surface area contributed by atoms with E-state index in [1.54, 1.807) is 0 Å². The Balaban J connectivity index is 1.90. The maximum absolute atomic E-state index is 12.4. The molecule has 0 aromatic rings. The van der Waals surface area contributed by atoms with Crippen LogP contribution in [0.1, 0.15) is 39.0 Å². The minimum atomic E-state index is -3.20. The average molecular weight is 331 g/mol. The number of hydrogen-bond acceptors (Lipinski definition) is 4. The number of carbonyl (C=O) groups is 1. The van der Waals surface area contributed by atoms with Gasteiger partial charge in [-0.2, -0.15) is 0 Å². The molecule has 1 amide bonds. The lowest BCUT2D eigenvalue weighted by atomic mass is 9.99. The smallest absolute Gasteiger partial charge is 0.236 e. The third kappa shape index (κ3) is 5.21. The molecule has 2 heterocycles.